The highest BCUT2D eigenvalue weighted by Gasteiger charge is 2.07. The van der Waals surface area contributed by atoms with Gasteiger partial charge in [-0.15, -0.1) is 11.8 Å². The van der Waals surface area contributed by atoms with Crippen LogP contribution in [-0.2, 0) is 14.3 Å². The normalized spacial score (nSPS) is 10.4. The Hall–Kier alpha value is -1.92. The predicted molar refractivity (Wildman–Crippen MR) is 104 cm³/mol. The molecule has 0 aromatic heterocycles. The maximum Gasteiger partial charge on any atom is 0.315 e. The van der Waals surface area contributed by atoms with E-state index in [9.17, 15) is 9.59 Å². The predicted octanol–water partition coefficient (Wildman–Crippen LogP) is 4.30. The van der Waals surface area contributed by atoms with E-state index in [2.05, 4.69) is 42.1 Å². The van der Waals surface area contributed by atoms with Crippen molar-refractivity contribution in [3.63, 3.8) is 0 Å². The fourth-order valence-electron chi connectivity index (χ4n) is 2.03. The zero-order valence-corrected chi connectivity index (χ0v) is 16.1. The van der Waals surface area contributed by atoms with Crippen LogP contribution in [0, 0.1) is 13.8 Å². The highest BCUT2D eigenvalue weighted by Crippen LogP contribution is 2.31. The number of hydrogen-bond acceptors (Lipinski definition) is 5. The van der Waals surface area contributed by atoms with Crippen LogP contribution in [0.4, 0.5) is 5.69 Å². The molecule has 0 unspecified atom stereocenters. The van der Waals surface area contributed by atoms with Crippen molar-refractivity contribution >= 4 is 41.1 Å². The summed E-state index contributed by atoms with van der Waals surface area (Å²) in [5, 5.41) is 2.82. The molecule has 2 aromatic rings. The van der Waals surface area contributed by atoms with E-state index in [-0.39, 0.29) is 23.4 Å². The number of amides is 1. The Balaban J connectivity index is 1.88. The molecule has 0 aliphatic carbocycles. The third kappa shape index (κ3) is 6.48. The van der Waals surface area contributed by atoms with Crippen LogP contribution in [0.5, 0.6) is 0 Å². The van der Waals surface area contributed by atoms with Crippen LogP contribution in [0.1, 0.15) is 11.1 Å². The molecule has 132 valence electrons. The van der Waals surface area contributed by atoms with Crippen molar-refractivity contribution in [3.05, 3.63) is 53.6 Å². The summed E-state index contributed by atoms with van der Waals surface area (Å²) in [6.07, 6.45) is 0. The van der Waals surface area contributed by atoms with Gasteiger partial charge in [-0.3, -0.25) is 9.59 Å². The van der Waals surface area contributed by atoms with E-state index in [4.69, 9.17) is 0 Å². The second kappa shape index (κ2) is 9.53. The molecule has 0 aliphatic heterocycles. The lowest BCUT2D eigenvalue weighted by Gasteiger charge is -2.08. The number of ether oxygens (including phenoxy) is 1. The van der Waals surface area contributed by atoms with Gasteiger partial charge < -0.3 is 10.1 Å². The quantitative estimate of drug-likeness (QED) is 0.731. The van der Waals surface area contributed by atoms with Crippen LogP contribution in [0.2, 0.25) is 0 Å². The molecule has 6 heteroatoms. The van der Waals surface area contributed by atoms with Gasteiger partial charge in [-0.05, 0) is 55.3 Å². The smallest absolute Gasteiger partial charge is 0.315 e. The summed E-state index contributed by atoms with van der Waals surface area (Å²) < 4.78 is 4.53. The van der Waals surface area contributed by atoms with Crippen LogP contribution >= 0.6 is 23.5 Å². The first-order valence-electron chi connectivity index (χ1n) is 7.77. The minimum Gasteiger partial charge on any atom is -0.468 e. The van der Waals surface area contributed by atoms with Crippen LogP contribution in [0.15, 0.2) is 52.3 Å². The molecular formula is C19H21NO3S2. The zero-order valence-electron chi connectivity index (χ0n) is 14.5. The number of hydrogen-bond donors (Lipinski definition) is 1. The van der Waals surface area contributed by atoms with Gasteiger partial charge in [-0.2, -0.15) is 0 Å². The molecule has 0 saturated carbocycles. The molecule has 0 radical (unpaired) electrons. The van der Waals surface area contributed by atoms with Crippen molar-refractivity contribution in [1.29, 1.82) is 0 Å². The van der Waals surface area contributed by atoms with E-state index in [1.165, 1.54) is 34.9 Å². The van der Waals surface area contributed by atoms with Crippen molar-refractivity contribution in [2.45, 2.75) is 23.6 Å². The highest BCUT2D eigenvalue weighted by molar-refractivity contribution is 8.00. The molecule has 0 spiro atoms. The number of benzene rings is 2. The van der Waals surface area contributed by atoms with E-state index in [0.29, 0.717) is 0 Å². The third-order valence-electron chi connectivity index (χ3n) is 3.39. The Morgan fingerprint density at radius 2 is 1.76 bits per heavy atom. The summed E-state index contributed by atoms with van der Waals surface area (Å²) in [6.45, 7) is 4.18. The highest BCUT2D eigenvalue weighted by atomic mass is 32.2. The largest absolute Gasteiger partial charge is 0.468 e. The van der Waals surface area contributed by atoms with E-state index < -0.39 is 0 Å². The summed E-state index contributed by atoms with van der Waals surface area (Å²) in [4.78, 5) is 25.2. The lowest BCUT2D eigenvalue weighted by atomic mass is 10.2. The second-order valence-corrected chi connectivity index (χ2v) is 7.61. The Kier molecular flexibility index (Phi) is 7.40. The number of carbonyl (C=O) groups excluding carboxylic acids is 2. The van der Waals surface area contributed by atoms with Gasteiger partial charge in [-0.25, -0.2) is 0 Å². The first-order chi connectivity index (χ1) is 12.0. The molecule has 0 fully saturated rings. The molecule has 2 rings (SSSR count). The van der Waals surface area contributed by atoms with Crippen LogP contribution < -0.4 is 5.32 Å². The number of rotatable bonds is 7. The monoisotopic (exact) mass is 375 g/mol. The molecule has 0 saturated heterocycles. The van der Waals surface area contributed by atoms with E-state index in [1.54, 1.807) is 11.8 Å². The number of anilines is 1. The molecular weight excluding hydrogens is 354 g/mol. The number of aryl methyl sites for hydroxylation is 2. The van der Waals surface area contributed by atoms with Gasteiger partial charge in [-0.1, -0.05) is 23.9 Å². The van der Waals surface area contributed by atoms with Crippen molar-refractivity contribution in [2.24, 2.45) is 0 Å². The number of esters is 1. The van der Waals surface area contributed by atoms with Crippen LogP contribution in [0.3, 0.4) is 0 Å². The van der Waals surface area contributed by atoms with Gasteiger partial charge in [0.25, 0.3) is 0 Å². The maximum atomic E-state index is 11.9. The summed E-state index contributed by atoms with van der Waals surface area (Å²) in [7, 11) is 1.33. The van der Waals surface area contributed by atoms with Gasteiger partial charge in [0.2, 0.25) is 5.91 Å². The molecule has 0 bridgehead atoms. The molecule has 2 aromatic carbocycles. The number of carbonyl (C=O) groups is 2. The molecule has 1 amide bonds. The molecule has 0 heterocycles. The van der Waals surface area contributed by atoms with Gasteiger partial charge in [0.15, 0.2) is 0 Å². The zero-order chi connectivity index (χ0) is 18.2. The average molecular weight is 376 g/mol. The van der Waals surface area contributed by atoms with Crippen molar-refractivity contribution in [1.82, 2.24) is 0 Å². The van der Waals surface area contributed by atoms with Gasteiger partial charge in [0.05, 0.1) is 18.6 Å². The summed E-state index contributed by atoms with van der Waals surface area (Å²) in [6, 6.07) is 14.2. The number of methoxy groups -OCH3 is 1. The topological polar surface area (TPSA) is 55.4 Å². The fourth-order valence-corrected chi connectivity index (χ4v) is 3.68. The van der Waals surface area contributed by atoms with E-state index in [1.807, 2.05) is 24.3 Å². The molecule has 0 atom stereocenters. The maximum absolute atomic E-state index is 11.9. The van der Waals surface area contributed by atoms with Crippen molar-refractivity contribution < 1.29 is 14.3 Å². The Morgan fingerprint density at radius 1 is 1.04 bits per heavy atom. The first kappa shape index (κ1) is 19.4. The number of nitrogens with one attached hydrogen (secondary N) is 1. The Morgan fingerprint density at radius 3 is 2.44 bits per heavy atom. The minimum absolute atomic E-state index is 0.135. The Labute approximate surface area is 156 Å². The summed E-state index contributed by atoms with van der Waals surface area (Å²) >= 11 is 2.94. The van der Waals surface area contributed by atoms with Gasteiger partial charge >= 0.3 is 5.97 Å². The second-order valence-electron chi connectivity index (χ2n) is 5.51. The lowest BCUT2D eigenvalue weighted by Crippen LogP contribution is -2.15. The third-order valence-corrected chi connectivity index (χ3v) is 5.46. The fraction of sp³-hybridized carbons (Fsp3) is 0.263. The summed E-state index contributed by atoms with van der Waals surface area (Å²) in [5.41, 5.74) is 3.23. The van der Waals surface area contributed by atoms with Crippen molar-refractivity contribution in [2.75, 3.05) is 23.9 Å². The van der Waals surface area contributed by atoms with Crippen LogP contribution in [0.25, 0.3) is 0 Å². The average Bonchev–Trinajstić information content (AvgIpc) is 2.59. The van der Waals surface area contributed by atoms with Crippen molar-refractivity contribution in [3.8, 4) is 0 Å². The molecule has 1 N–H and O–H groups in total. The molecule has 4 nitrogen and oxygen atoms in total. The lowest BCUT2D eigenvalue weighted by molar-refractivity contribution is -0.137. The Bertz CT molecular complexity index is 745. The van der Waals surface area contributed by atoms with Gasteiger partial charge in [0.1, 0.15) is 0 Å². The minimum atomic E-state index is -0.328. The summed E-state index contributed by atoms with van der Waals surface area (Å²) in [5.74, 6) is -0.0712. The molecule has 25 heavy (non-hydrogen) atoms. The molecule has 0 aliphatic rings. The SMILES string of the molecule is COC(=O)CSCC(=O)Nc1ccc(Sc2cc(C)ccc2C)cc1. The number of thioether (sulfide) groups is 1. The van der Waals surface area contributed by atoms with E-state index >= 15 is 0 Å². The first-order valence-corrected chi connectivity index (χ1v) is 9.74. The van der Waals surface area contributed by atoms with Crippen LogP contribution in [-0.4, -0.2) is 30.5 Å². The van der Waals surface area contributed by atoms with Gasteiger partial charge in [0, 0.05) is 15.5 Å². The standard InChI is InChI=1S/C19H21NO3S2/c1-13-4-5-14(2)17(10-13)25-16-8-6-15(7-9-16)20-18(21)11-24-12-19(22)23-3/h4-10H,11-12H2,1-3H3,(H,20,21). The van der Waals surface area contributed by atoms with E-state index in [0.717, 1.165) is 10.6 Å².